The molecule has 0 heterocycles. The van der Waals surface area contributed by atoms with Gasteiger partial charge in [0.2, 0.25) is 0 Å². The number of nitriles is 1. The van der Waals surface area contributed by atoms with E-state index in [2.05, 4.69) is 24.8 Å². The molecule has 1 atom stereocenters. The van der Waals surface area contributed by atoms with Crippen LogP contribution in [0.1, 0.15) is 48.8 Å². The largest absolute Gasteiger partial charge is 0.205 e. The highest BCUT2D eigenvalue weighted by atomic mass is 19.1. The summed E-state index contributed by atoms with van der Waals surface area (Å²) in [5, 5.41) is 8.84. The number of allylic oxidation sites excluding steroid dienone is 1. The summed E-state index contributed by atoms with van der Waals surface area (Å²) in [6, 6.07) is 10.2. The predicted molar refractivity (Wildman–Crippen MR) is 108 cm³/mol. The second-order valence-electron chi connectivity index (χ2n) is 8.32. The van der Waals surface area contributed by atoms with E-state index >= 15 is 0 Å². The Morgan fingerprint density at radius 1 is 0.893 bits per heavy atom. The van der Waals surface area contributed by atoms with E-state index in [0.717, 1.165) is 30.2 Å². The maximum atomic E-state index is 14.0. The van der Waals surface area contributed by atoms with Crippen molar-refractivity contribution >= 4 is 0 Å². The number of fused-ring (bicyclic) bond motifs is 1. The van der Waals surface area contributed by atoms with Crippen LogP contribution in [0.3, 0.4) is 0 Å². The Morgan fingerprint density at radius 3 is 2.25 bits per heavy atom. The summed E-state index contributed by atoms with van der Waals surface area (Å²) in [6.07, 6.45) is 10.6. The fourth-order valence-electron chi connectivity index (χ4n) is 5.06. The van der Waals surface area contributed by atoms with Crippen LogP contribution >= 0.6 is 0 Å². The first-order chi connectivity index (χ1) is 13.6. The molecule has 0 radical (unpaired) electrons. The summed E-state index contributed by atoms with van der Waals surface area (Å²) < 4.78 is 28.0. The van der Waals surface area contributed by atoms with Crippen LogP contribution in [0.25, 0.3) is 11.1 Å². The average molecular weight is 377 g/mol. The predicted octanol–water partition coefficient (Wildman–Crippen LogP) is 6.60. The number of benzene rings is 2. The molecule has 0 saturated heterocycles. The lowest BCUT2D eigenvalue weighted by molar-refractivity contribution is 0.206. The van der Waals surface area contributed by atoms with E-state index in [-0.39, 0.29) is 0 Å². The highest BCUT2D eigenvalue weighted by molar-refractivity contribution is 5.66. The van der Waals surface area contributed by atoms with Gasteiger partial charge in [0.15, 0.2) is 0 Å². The molecular weight excluding hydrogens is 352 g/mol. The zero-order valence-electron chi connectivity index (χ0n) is 16.1. The van der Waals surface area contributed by atoms with Gasteiger partial charge in [-0.15, -0.1) is 6.58 Å². The highest BCUT2D eigenvalue weighted by Crippen LogP contribution is 2.40. The maximum Gasteiger partial charge on any atom is 0.144 e. The van der Waals surface area contributed by atoms with Crippen LogP contribution in [0.4, 0.5) is 8.78 Å². The van der Waals surface area contributed by atoms with Gasteiger partial charge in [0, 0.05) is 0 Å². The molecule has 28 heavy (non-hydrogen) atoms. The number of rotatable bonds is 3. The number of halogens is 2. The van der Waals surface area contributed by atoms with E-state index in [1.807, 2.05) is 6.07 Å². The van der Waals surface area contributed by atoms with E-state index in [4.69, 9.17) is 5.26 Å². The van der Waals surface area contributed by atoms with Crippen LogP contribution in [0, 0.1) is 40.7 Å². The normalized spacial score (nSPS) is 24.2. The molecule has 2 aliphatic rings. The van der Waals surface area contributed by atoms with E-state index in [9.17, 15) is 8.78 Å². The average Bonchev–Trinajstić information content (AvgIpc) is 2.73. The molecule has 1 fully saturated rings. The first kappa shape index (κ1) is 18.9. The van der Waals surface area contributed by atoms with Gasteiger partial charge in [-0.25, -0.2) is 8.78 Å². The minimum Gasteiger partial charge on any atom is -0.205 e. The lowest BCUT2D eigenvalue weighted by atomic mass is 9.69. The fraction of sp³-hybridized carbons (Fsp3) is 0.400. The summed E-state index contributed by atoms with van der Waals surface area (Å²) in [5.74, 6) is 0.651. The molecular formula is C25H25F2N. The lowest BCUT2D eigenvalue weighted by Gasteiger charge is -2.36. The number of nitrogens with zero attached hydrogens (tertiary/aromatic N) is 1. The van der Waals surface area contributed by atoms with Crippen molar-refractivity contribution in [3.8, 4) is 17.2 Å². The molecule has 2 aromatic carbocycles. The monoisotopic (exact) mass is 377 g/mol. The van der Waals surface area contributed by atoms with Crippen LogP contribution in [-0.4, -0.2) is 0 Å². The van der Waals surface area contributed by atoms with Crippen molar-refractivity contribution in [2.45, 2.75) is 44.9 Å². The summed E-state index contributed by atoms with van der Waals surface area (Å²) in [7, 11) is 0. The molecule has 3 heteroatoms. The smallest absolute Gasteiger partial charge is 0.144 e. The standard InChI is InChI=1S/C25H25F2N/c1-2-16-3-5-17(6-4-16)18-7-8-20-12-21(10-9-19(20)11-18)22-13-24(26)23(15-28)25(27)14-22/h2,9-10,12-14,16-18H,1,3-8,11H2. The Morgan fingerprint density at radius 2 is 1.61 bits per heavy atom. The van der Waals surface area contributed by atoms with Crippen LogP contribution < -0.4 is 0 Å². The summed E-state index contributed by atoms with van der Waals surface area (Å²) >= 11 is 0. The Labute approximate surface area is 165 Å². The Kier molecular flexibility index (Phi) is 5.31. The fourth-order valence-corrected chi connectivity index (χ4v) is 5.06. The van der Waals surface area contributed by atoms with Gasteiger partial charge in [0.1, 0.15) is 23.3 Å². The van der Waals surface area contributed by atoms with Crippen molar-refractivity contribution in [1.29, 1.82) is 5.26 Å². The molecule has 0 aliphatic heterocycles. The Bertz CT molecular complexity index is 909. The third-order valence-electron chi connectivity index (χ3n) is 6.78. The molecule has 2 aliphatic carbocycles. The van der Waals surface area contributed by atoms with Gasteiger partial charge in [0.05, 0.1) is 0 Å². The molecule has 1 unspecified atom stereocenters. The van der Waals surface area contributed by atoms with E-state index in [0.29, 0.717) is 11.5 Å². The van der Waals surface area contributed by atoms with Crippen LogP contribution in [0.5, 0.6) is 0 Å². The molecule has 0 spiro atoms. The first-order valence-corrected chi connectivity index (χ1v) is 10.2. The van der Waals surface area contributed by atoms with Gasteiger partial charge >= 0.3 is 0 Å². The van der Waals surface area contributed by atoms with E-state index in [1.165, 1.54) is 55.4 Å². The van der Waals surface area contributed by atoms with Crippen LogP contribution in [0.2, 0.25) is 0 Å². The SMILES string of the molecule is C=CC1CCC(C2CCc3cc(-c4cc(F)c(C#N)c(F)c4)ccc3C2)CC1. The molecule has 144 valence electrons. The van der Waals surface area contributed by atoms with Gasteiger partial charge in [-0.2, -0.15) is 5.26 Å². The summed E-state index contributed by atoms with van der Waals surface area (Å²) in [6.45, 7) is 3.94. The van der Waals surface area contributed by atoms with Crippen molar-refractivity contribution < 1.29 is 8.78 Å². The van der Waals surface area contributed by atoms with Crippen molar-refractivity contribution in [2.75, 3.05) is 0 Å². The summed E-state index contributed by atoms with van der Waals surface area (Å²) in [4.78, 5) is 0. The van der Waals surface area contributed by atoms with Crippen molar-refractivity contribution in [3.05, 3.63) is 71.3 Å². The molecule has 2 aromatic rings. The Balaban J connectivity index is 1.52. The molecule has 1 saturated carbocycles. The molecule has 0 N–H and O–H groups in total. The van der Waals surface area contributed by atoms with Gasteiger partial charge < -0.3 is 0 Å². The van der Waals surface area contributed by atoms with Crippen molar-refractivity contribution in [1.82, 2.24) is 0 Å². The van der Waals surface area contributed by atoms with Crippen LogP contribution in [0.15, 0.2) is 43.0 Å². The van der Waals surface area contributed by atoms with Gasteiger partial charge in [0.25, 0.3) is 0 Å². The lowest BCUT2D eigenvalue weighted by Crippen LogP contribution is -2.26. The quantitative estimate of drug-likeness (QED) is 0.553. The number of hydrogen-bond donors (Lipinski definition) is 0. The molecule has 0 bridgehead atoms. The Hall–Kier alpha value is -2.47. The van der Waals surface area contributed by atoms with Crippen molar-refractivity contribution in [3.63, 3.8) is 0 Å². The molecule has 1 nitrogen and oxygen atoms in total. The highest BCUT2D eigenvalue weighted by Gasteiger charge is 2.29. The minimum atomic E-state index is -0.801. The number of hydrogen-bond acceptors (Lipinski definition) is 1. The van der Waals surface area contributed by atoms with Gasteiger partial charge in [-0.1, -0.05) is 24.3 Å². The molecule has 4 rings (SSSR count). The van der Waals surface area contributed by atoms with E-state index in [1.54, 1.807) is 6.07 Å². The zero-order chi connectivity index (χ0) is 19.7. The van der Waals surface area contributed by atoms with Crippen LogP contribution in [-0.2, 0) is 12.8 Å². The second-order valence-corrected chi connectivity index (χ2v) is 8.32. The molecule has 0 aromatic heterocycles. The maximum absolute atomic E-state index is 14.0. The van der Waals surface area contributed by atoms with Gasteiger partial charge in [-0.05, 0) is 97.1 Å². The second kappa shape index (κ2) is 7.87. The first-order valence-electron chi connectivity index (χ1n) is 10.2. The van der Waals surface area contributed by atoms with Gasteiger partial charge in [-0.3, -0.25) is 0 Å². The third-order valence-corrected chi connectivity index (χ3v) is 6.78. The zero-order valence-corrected chi connectivity index (χ0v) is 16.1. The molecule has 0 amide bonds. The summed E-state index contributed by atoms with van der Waals surface area (Å²) in [5.41, 5.74) is 3.45. The third kappa shape index (κ3) is 3.61. The minimum absolute atomic E-state index is 0.488. The topological polar surface area (TPSA) is 23.8 Å². The number of aryl methyl sites for hydroxylation is 1. The van der Waals surface area contributed by atoms with E-state index < -0.39 is 17.2 Å². The van der Waals surface area contributed by atoms with Crippen molar-refractivity contribution in [2.24, 2.45) is 17.8 Å².